The molecule has 1 saturated heterocycles. The molecule has 1 heterocycles. The van der Waals surface area contributed by atoms with Crippen molar-refractivity contribution in [3.8, 4) is 5.75 Å². The van der Waals surface area contributed by atoms with Gasteiger partial charge in [0.2, 0.25) is 5.91 Å². The highest BCUT2D eigenvalue weighted by atomic mass is 16.5. The molecule has 1 fully saturated rings. The lowest BCUT2D eigenvalue weighted by molar-refractivity contribution is -0.122. The van der Waals surface area contributed by atoms with E-state index in [-0.39, 0.29) is 5.91 Å². The molecule has 0 radical (unpaired) electrons. The van der Waals surface area contributed by atoms with Gasteiger partial charge in [-0.05, 0) is 12.1 Å². The zero-order valence-corrected chi connectivity index (χ0v) is 10.8. The van der Waals surface area contributed by atoms with Crippen molar-refractivity contribution in [1.82, 2.24) is 10.2 Å². The third-order valence-corrected chi connectivity index (χ3v) is 3.17. The van der Waals surface area contributed by atoms with Crippen LogP contribution in [0.15, 0.2) is 24.3 Å². The fourth-order valence-corrected chi connectivity index (χ4v) is 2.18. The highest BCUT2D eigenvalue weighted by Crippen LogP contribution is 2.20. The summed E-state index contributed by atoms with van der Waals surface area (Å²) in [6, 6.07) is 6.33. The van der Waals surface area contributed by atoms with Crippen LogP contribution < -0.4 is 15.8 Å². The highest BCUT2D eigenvalue weighted by molar-refractivity contribution is 5.99. The van der Waals surface area contributed by atoms with Gasteiger partial charge < -0.3 is 20.7 Å². The summed E-state index contributed by atoms with van der Waals surface area (Å²) >= 11 is 0. The minimum atomic E-state index is -0.619. The van der Waals surface area contributed by atoms with E-state index in [0.717, 1.165) is 0 Å². The summed E-state index contributed by atoms with van der Waals surface area (Å²) in [6.45, 7) is 1.48. The van der Waals surface area contributed by atoms with Gasteiger partial charge in [-0.3, -0.25) is 9.59 Å². The second kappa shape index (κ2) is 5.71. The number of nitrogens with two attached hydrogens (primary N) is 1. The molecular weight excluding hydrogens is 246 g/mol. The summed E-state index contributed by atoms with van der Waals surface area (Å²) in [5.41, 5.74) is 5.78. The number of primary amides is 1. The molecule has 19 heavy (non-hydrogen) atoms. The predicted molar refractivity (Wildman–Crippen MR) is 69.9 cm³/mol. The van der Waals surface area contributed by atoms with Crippen LogP contribution >= 0.6 is 0 Å². The van der Waals surface area contributed by atoms with Crippen molar-refractivity contribution in [2.24, 2.45) is 5.73 Å². The van der Waals surface area contributed by atoms with Crippen molar-refractivity contribution >= 4 is 11.8 Å². The first-order valence-corrected chi connectivity index (χ1v) is 6.09. The average molecular weight is 263 g/mol. The second-order valence-corrected chi connectivity index (χ2v) is 4.32. The number of nitrogens with zero attached hydrogens (tertiary/aromatic N) is 1. The molecular formula is C13H17N3O3. The van der Waals surface area contributed by atoms with Gasteiger partial charge in [0, 0.05) is 19.6 Å². The number of amides is 2. The number of ether oxygens (including phenoxy) is 1. The lowest BCUT2D eigenvalue weighted by Crippen LogP contribution is -2.58. The minimum Gasteiger partial charge on any atom is -0.496 e. The Morgan fingerprint density at radius 2 is 2.16 bits per heavy atom. The van der Waals surface area contributed by atoms with Crippen LogP contribution in [0.3, 0.4) is 0 Å². The number of piperazine rings is 1. The van der Waals surface area contributed by atoms with Gasteiger partial charge in [0.15, 0.2) is 0 Å². The molecule has 0 bridgehead atoms. The number of carbonyl (C=O) groups excluding carboxylic acids is 2. The number of carbonyl (C=O) groups is 2. The third-order valence-electron chi connectivity index (χ3n) is 3.17. The zero-order valence-electron chi connectivity index (χ0n) is 10.8. The number of hydrogen-bond acceptors (Lipinski definition) is 4. The molecule has 1 aliphatic heterocycles. The Kier molecular flexibility index (Phi) is 4.01. The molecule has 1 aliphatic rings. The molecule has 0 aliphatic carbocycles. The van der Waals surface area contributed by atoms with Gasteiger partial charge in [-0.15, -0.1) is 0 Å². The van der Waals surface area contributed by atoms with E-state index in [0.29, 0.717) is 30.9 Å². The summed E-state index contributed by atoms with van der Waals surface area (Å²) in [5.74, 6) is -0.243. The standard InChI is InChI=1S/C13H17N3O3/c1-19-11-5-3-2-4-9(11)13(18)16-7-6-15-8-10(16)12(14)17/h2-5,10,15H,6-8H2,1H3,(H2,14,17)/t10-/m0/s1. The normalized spacial score (nSPS) is 19.0. The van der Waals surface area contributed by atoms with Crippen LogP contribution in [-0.2, 0) is 4.79 Å². The van der Waals surface area contributed by atoms with Gasteiger partial charge in [-0.2, -0.15) is 0 Å². The summed E-state index contributed by atoms with van der Waals surface area (Å²) < 4.78 is 5.17. The van der Waals surface area contributed by atoms with E-state index >= 15 is 0 Å². The maximum atomic E-state index is 12.5. The van der Waals surface area contributed by atoms with Gasteiger partial charge in [-0.1, -0.05) is 12.1 Å². The smallest absolute Gasteiger partial charge is 0.258 e. The molecule has 2 rings (SSSR count). The van der Waals surface area contributed by atoms with Crippen molar-refractivity contribution in [1.29, 1.82) is 0 Å². The third kappa shape index (κ3) is 2.68. The molecule has 0 aromatic heterocycles. The largest absolute Gasteiger partial charge is 0.496 e. The van der Waals surface area contributed by atoms with Gasteiger partial charge in [-0.25, -0.2) is 0 Å². The SMILES string of the molecule is COc1ccccc1C(=O)N1CCNC[C@H]1C(N)=O. The Morgan fingerprint density at radius 3 is 2.84 bits per heavy atom. The van der Waals surface area contributed by atoms with E-state index in [1.165, 1.54) is 12.0 Å². The number of methoxy groups -OCH3 is 1. The lowest BCUT2D eigenvalue weighted by atomic mass is 10.1. The fourth-order valence-electron chi connectivity index (χ4n) is 2.18. The predicted octanol–water partition coefficient (Wildman–Crippen LogP) is -0.405. The number of para-hydroxylation sites is 1. The quantitative estimate of drug-likeness (QED) is 0.776. The van der Waals surface area contributed by atoms with Crippen molar-refractivity contribution in [3.05, 3.63) is 29.8 Å². The van der Waals surface area contributed by atoms with Gasteiger partial charge in [0.1, 0.15) is 11.8 Å². The van der Waals surface area contributed by atoms with Crippen molar-refractivity contribution in [3.63, 3.8) is 0 Å². The Balaban J connectivity index is 2.29. The molecule has 3 N–H and O–H groups in total. The Morgan fingerprint density at radius 1 is 1.42 bits per heavy atom. The Labute approximate surface area is 111 Å². The molecule has 1 aromatic carbocycles. The second-order valence-electron chi connectivity index (χ2n) is 4.32. The monoisotopic (exact) mass is 263 g/mol. The first kappa shape index (κ1) is 13.4. The summed E-state index contributed by atoms with van der Waals surface area (Å²) in [6.07, 6.45) is 0. The first-order chi connectivity index (χ1) is 9.15. The molecule has 1 aromatic rings. The van der Waals surface area contributed by atoms with Crippen LogP contribution in [0, 0.1) is 0 Å². The van der Waals surface area contributed by atoms with Crippen molar-refractivity contribution < 1.29 is 14.3 Å². The van der Waals surface area contributed by atoms with Crippen molar-refractivity contribution in [2.75, 3.05) is 26.7 Å². The highest BCUT2D eigenvalue weighted by Gasteiger charge is 2.32. The summed E-state index contributed by atoms with van der Waals surface area (Å²) in [7, 11) is 1.51. The molecule has 0 saturated carbocycles. The van der Waals surface area contributed by atoms with E-state index in [1.54, 1.807) is 24.3 Å². The number of nitrogens with one attached hydrogen (secondary N) is 1. The lowest BCUT2D eigenvalue weighted by Gasteiger charge is -2.34. The van der Waals surface area contributed by atoms with E-state index in [2.05, 4.69) is 5.32 Å². The molecule has 0 spiro atoms. The first-order valence-electron chi connectivity index (χ1n) is 6.09. The van der Waals surface area contributed by atoms with Crippen LogP contribution in [0.2, 0.25) is 0 Å². The fraction of sp³-hybridized carbons (Fsp3) is 0.385. The van der Waals surface area contributed by atoms with Crippen molar-refractivity contribution in [2.45, 2.75) is 6.04 Å². The topological polar surface area (TPSA) is 84.7 Å². The van der Waals surface area contributed by atoms with Gasteiger partial charge >= 0.3 is 0 Å². The van der Waals surface area contributed by atoms with E-state index in [9.17, 15) is 9.59 Å². The molecule has 1 atom stereocenters. The van der Waals surface area contributed by atoms with Crippen LogP contribution in [0.25, 0.3) is 0 Å². The van der Waals surface area contributed by atoms with Gasteiger partial charge in [0.05, 0.1) is 12.7 Å². The Hall–Kier alpha value is -2.08. The maximum Gasteiger partial charge on any atom is 0.258 e. The Bertz CT molecular complexity index is 490. The van der Waals surface area contributed by atoms with E-state index in [1.807, 2.05) is 0 Å². The van der Waals surface area contributed by atoms with Crippen LogP contribution in [0.4, 0.5) is 0 Å². The number of benzene rings is 1. The molecule has 2 amide bonds. The maximum absolute atomic E-state index is 12.5. The van der Waals surface area contributed by atoms with E-state index in [4.69, 9.17) is 10.5 Å². The number of rotatable bonds is 3. The number of hydrogen-bond donors (Lipinski definition) is 2. The summed E-state index contributed by atoms with van der Waals surface area (Å²) in [4.78, 5) is 25.4. The zero-order chi connectivity index (χ0) is 13.8. The van der Waals surface area contributed by atoms with Crippen LogP contribution in [-0.4, -0.2) is 49.5 Å². The van der Waals surface area contributed by atoms with Gasteiger partial charge in [0.25, 0.3) is 5.91 Å². The molecule has 6 nitrogen and oxygen atoms in total. The summed E-state index contributed by atoms with van der Waals surface area (Å²) in [5, 5.41) is 3.06. The molecule has 102 valence electrons. The van der Waals surface area contributed by atoms with E-state index < -0.39 is 11.9 Å². The van der Waals surface area contributed by atoms with Crippen LogP contribution in [0.5, 0.6) is 5.75 Å². The molecule has 6 heteroatoms. The minimum absolute atomic E-state index is 0.234. The molecule has 0 unspecified atom stereocenters. The average Bonchev–Trinajstić information content (AvgIpc) is 2.46. The van der Waals surface area contributed by atoms with Crippen LogP contribution in [0.1, 0.15) is 10.4 Å².